The smallest absolute Gasteiger partial charge is 0.209 e. The Balaban J connectivity index is 2.09. The number of halogens is 2. The standard InChI is InChI=1S/C24H29F2NO4/c1-17-14-18(8-9-20(17)25)23-19(6-5-7-21(23)26)24(29,10-3-4-12-30-2)22-15-27(16-28)11-13-31-22/h5-9,14,16,22,29H,3-4,10-13,15H2,1-2H3/t22?,24-/m1/s1. The third-order valence-electron chi connectivity index (χ3n) is 5.86. The molecule has 0 bridgehead atoms. The Kier molecular flexibility index (Phi) is 7.75. The summed E-state index contributed by atoms with van der Waals surface area (Å²) in [7, 11) is 1.61. The molecular weight excluding hydrogens is 404 g/mol. The molecule has 1 aliphatic heterocycles. The summed E-state index contributed by atoms with van der Waals surface area (Å²) in [5.41, 5.74) is -0.100. The largest absolute Gasteiger partial charge is 0.385 e. The van der Waals surface area contributed by atoms with Gasteiger partial charge in [-0.05, 0) is 61.1 Å². The topological polar surface area (TPSA) is 59.0 Å². The number of benzene rings is 2. The maximum absolute atomic E-state index is 15.1. The van der Waals surface area contributed by atoms with Crippen LogP contribution in [0.3, 0.4) is 0 Å². The van der Waals surface area contributed by atoms with E-state index in [0.717, 1.165) is 6.41 Å². The van der Waals surface area contributed by atoms with Crippen molar-refractivity contribution in [1.29, 1.82) is 0 Å². The van der Waals surface area contributed by atoms with Crippen LogP contribution in [0.2, 0.25) is 0 Å². The summed E-state index contributed by atoms with van der Waals surface area (Å²) in [4.78, 5) is 12.9. The molecule has 5 nitrogen and oxygen atoms in total. The number of methoxy groups -OCH3 is 1. The fraction of sp³-hybridized carbons (Fsp3) is 0.458. The second-order valence-electron chi connectivity index (χ2n) is 7.96. The molecule has 1 saturated heterocycles. The Bertz CT molecular complexity index is 907. The van der Waals surface area contributed by atoms with Crippen molar-refractivity contribution in [3.05, 3.63) is 59.2 Å². The molecule has 7 heteroatoms. The van der Waals surface area contributed by atoms with E-state index in [0.29, 0.717) is 49.1 Å². The first-order valence-corrected chi connectivity index (χ1v) is 10.5. The number of aliphatic hydroxyl groups is 1. The van der Waals surface area contributed by atoms with Gasteiger partial charge in [0.15, 0.2) is 0 Å². The van der Waals surface area contributed by atoms with E-state index in [2.05, 4.69) is 0 Å². The molecule has 0 aromatic heterocycles. The number of hydrogen-bond donors (Lipinski definition) is 1. The maximum Gasteiger partial charge on any atom is 0.209 e. The van der Waals surface area contributed by atoms with Crippen molar-refractivity contribution in [3.8, 4) is 11.1 Å². The van der Waals surface area contributed by atoms with Crippen molar-refractivity contribution in [2.24, 2.45) is 0 Å². The lowest BCUT2D eigenvalue weighted by Crippen LogP contribution is -2.52. The van der Waals surface area contributed by atoms with Crippen LogP contribution < -0.4 is 0 Å². The number of hydrogen-bond acceptors (Lipinski definition) is 4. The summed E-state index contributed by atoms with van der Waals surface area (Å²) < 4.78 is 40.0. The number of amides is 1. The third-order valence-corrected chi connectivity index (χ3v) is 5.86. The Hall–Kier alpha value is -2.35. The number of carbonyl (C=O) groups is 1. The highest BCUT2D eigenvalue weighted by atomic mass is 19.1. The lowest BCUT2D eigenvalue weighted by molar-refractivity contribution is -0.158. The Morgan fingerprint density at radius 2 is 2.06 bits per heavy atom. The quantitative estimate of drug-likeness (QED) is 0.483. The van der Waals surface area contributed by atoms with Gasteiger partial charge in [-0.25, -0.2) is 8.78 Å². The van der Waals surface area contributed by atoms with Crippen LogP contribution in [0.25, 0.3) is 11.1 Å². The highest BCUT2D eigenvalue weighted by Crippen LogP contribution is 2.41. The Labute approximate surface area is 181 Å². The van der Waals surface area contributed by atoms with Gasteiger partial charge in [0.1, 0.15) is 23.3 Å². The van der Waals surface area contributed by atoms with E-state index in [1.165, 1.54) is 18.2 Å². The number of rotatable bonds is 9. The van der Waals surface area contributed by atoms with Crippen LogP contribution in [-0.2, 0) is 19.9 Å². The van der Waals surface area contributed by atoms with E-state index < -0.39 is 17.5 Å². The summed E-state index contributed by atoms with van der Waals surface area (Å²) in [6.07, 6.45) is 1.63. The van der Waals surface area contributed by atoms with E-state index in [-0.39, 0.29) is 24.5 Å². The van der Waals surface area contributed by atoms with Crippen molar-refractivity contribution < 1.29 is 28.2 Å². The average Bonchev–Trinajstić information content (AvgIpc) is 2.78. The van der Waals surface area contributed by atoms with Crippen molar-refractivity contribution in [3.63, 3.8) is 0 Å². The zero-order valence-electron chi connectivity index (χ0n) is 17.9. The normalized spacial score (nSPS) is 18.6. The molecule has 31 heavy (non-hydrogen) atoms. The molecule has 0 aliphatic carbocycles. The van der Waals surface area contributed by atoms with E-state index in [4.69, 9.17) is 9.47 Å². The zero-order valence-corrected chi connectivity index (χ0v) is 17.9. The summed E-state index contributed by atoms with van der Waals surface area (Å²) >= 11 is 0. The minimum absolute atomic E-state index is 0.197. The number of carbonyl (C=O) groups excluding carboxylic acids is 1. The predicted octanol–water partition coefficient (Wildman–Crippen LogP) is 3.80. The predicted molar refractivity (Wildman–Crippen MR) is 114 cm³/mol. The fourth-order valence-corrected chi connectivity index (χ4v) is 4.14. The van der Waals surface area contributed by atoms with Gasteiger partial charge in [-0.3, -0.25) is 4.79 Å². The van der Waals surface area contributed by atoms with Crippen LogP contribution in [0, 0.1) is 18.6 Å². The molecule has 3 rings (SSSR count). The molecule has 1 N–H and O–H groups in total. The van der Waals surface area contributed by atoms with Crippen molar-refractivity contribution >= 4 is 6.41 Å². The SMILES string of the molecule is COCCCC[C@@](O)(c1cccc(F)c1-c1ccc(F)c(C)c1)C1CN(C=O)CCO1. The first-order chi connectivity index (χ1) is 14.9. The van der Waals surface area contributed by atoms with Gasteiger partial charge in [-0.2, -0.15) is 0 Å². The molecule has 1 aliphatic rings. The van der Waals surface area contributed by atoms with Crippen LogP contribution in [0.15, 0.2) is 36.4 Å². The molecule has 0 spiro atoms. The van der Waals surface area contributed by atoms with Gasteiger partial charge in [0.25, 0.3) is 0 Å². The number of nitrogens with zero attached hydrogens (tertiary/aromatic N) is 1. The third kappa shape index (κ3) is 5.11. The molecule has 1 heterocycles. The second kappa shape index (κ2) is 10.3. The lowest BCUT2D eigenvalue weighted by Gasteiger charge is -2.42. The number of ether oxygens (including phenoxy) is 2. The second-order valence-corrected chi connectivity index (χ2v) is 7.96. The van der Waals surface area contributed by atoms with Crippen molar-refractivity contribution in [1.82, 2.24) is 4.90 Å². The van der Waals surface area contributed by atoms with Crippen LogP contribution in [0.4, 0.5) is 8.78 Å². The number of unbranched alkanes of at least 4 members (excludes halogenated alkanes) is 1. The zero-order chi connectivity index (χ0) is 22.4. The van der Waals surface area contributed by atoms with Crippen LogP contribution in [0.5, 0.6) is 0 Å². The fourth-order valence-electron chi connectivity index (χ4n) is 4.14. The molecule has 1 fully saturated rings. The number of morpholine rings is 1. The van der Waals surface area contributed by atoms with Gasteiger partial charge in [0, 0.05) is 32.4 Å². The molecule has 0 saturated carbocycles. The molecule has 168 valence electrons. The average molecular weight is 433 g/mol. The minimum atomic E-state index is -1.55. The van der Waals surface area contributed by atoms with Gasteiger partial charge in [0.2, 0.25) is 6.41 Å². The van der Waals surface area contributed by atoms with E-state index in [1.54, 1.807) is 37.1 Å². The van der Waals surface area contributed by atoms with E-state index in [1.807, 2.05) is 0 Å². The van der Waals surface area contributed by atoms with E-state index in [9.17, 15) is 14.3 Å². The molecule has 2 atom stereocenters. The maximum atomic E-state index is 15.1. The highest BCUT2D eigenvalue weighted by Gasteiger charge is 2.43. The summed E-state index contributed by atoms with van der Waals surface area (Å²) in [5, 5.41) is 12.0. The summed E-state index contributed by atoms with van der Waals surface area (Å²) in [6, 6.07) is 8.92. The van der Waals surface area contributed by atoms with Gasteiger partial charge in [-0.15, -0.1) is 0 Å². The van der Waals surface area contributed by atoms with Gasteiger partial charge in [0.05, 0.1) is 6.61 Å². The van der Waals surface area contributed by atoms with Gasteiger partial charge >= 0.3 is 0 Å². The van der Waals surface area contributed by atoms with Crippen LogP contribution >= 0.6 is 0 Å². The molecule has 2 aromatic carbocycles. The molecule has 2 aromatic rings. The Morgan fingerprint density at radius 3 is 2.77 bits per heavy atom. The first-order valence-electron chi connectivity index (χ1n) is 10.5. The molecular formula is C24H29F2NO4. The van der Waals surface area contributed by atoms with Crippen molar-refractivity contribution in [2.45, 2.75) is 37.9 Å². The van der Waals surface area contributed by atoms with Crippen molar-refractivity contribution in [2.75, 3.05) is 33.4 Å². The summed E-state index contributed by atoms with van der Waals surface area (Å²) in [5.74, 6) is -0.893. The van der Waals surface area contributed by atoms with Gasteiger partial charge in [-0.1, -0.05) is 18.2 Å². The first kappa shape index (κ1) is 23.3. The lowest BCUT2D eigenvalue weighted by atomic mass is 9.78. The van der Waals surface area contributed by atoms with Crippen LogP contribution in [0.1, 0.15) is 30.4 Å². The monoisotopic (exact) mass is 433 g/mol. The highest BCUT2D eigenvalue weighted by molar-refractivity contribution is 5.70. The van der Waals surface area contributed by atoms with E-state index >= 15 is 4.39 Å². The molecule has 1 unspecified atom stereocenters. The molecule has 1 amide bonds. The molecule has 0 radical (unpaired) electrons. The summed E-state index contributed by atoms with van der Waals surface area (Å²) in [6.45, 7) is 3.07. The van der Waals surface area contributed by atoms with Crippen LogP contribution in [-0.4, -0.2) is 55.9 Å². The van der Waals surface area contributed by atoms with Gasteiger partial charge < -0.3 is 19.5 Å². The number of aryl methyl sites for hydroxylation is 1. The Morgan fingerprint density at radius 1 is 1.26 bits per heavy atom. The minimum Gasteiger partial charge on any atom is -0.385 e.